The third-order valence-electron chi connectivity index (χ3n) is 6.56. The molecule has 6 nitrogen and oxygen atoms in total. The van der Waals surface area contributed by atoms with Gasteiger partial charge in [-0.2, -0.15) is 0 Å². The van der Waals surface area contributed by atoms with E-state index in [0.717, 1.165) is 42.9 Å². The number of hydrogen-bond acceptors (Lipinski definition) is 6. The number of fused-ring (bicyclic) bond motifs is 1. The van der Waals surface area contributed by atoms with Crippen molar-refractivity contribution in [3.05, 3.63) is 101 Å². The average molecular weight is 467 g/mol. The number of nitrogens with zero attached hydrogens (tertiary/aromatic N) is 4. The number of ether oxygens (including phenoxy) is 1. The predicted molar refractivity (Wildman–Crippen MR) is 139 cm³/mol. The summed E-state index contributed by atoms with van der Waals surface area (Å²) in [5.74, 6) is -0.341. The van der Waals surface area contributed by atoms with Crippen LogP contribution >= 0.6 is 0 Å². The summed E-state index contributed by atoms with van der Waals surface area (Å²) >= 11 is 0. The fourth-order valence-electron chi connectivity index (χ4n) is 4.95. The lowest BCUT2D eigenvalue weighted by Gasteiger charge is -2.41. The number of piperazine rings is 1. The highest BCUT2D eigenvalue weighted by atomic mass is 16.5. The second-order valence-electron chi connectivity index (χ2n) is 8.81. The first kappa shape index (κ1) is 23.0. The Morgan fingerprint density at radius 1 is 0.914 bits per heavy atom. The molecule has 0 N–H and O–H groups in total. The number of pyridine rings is 2. The maximum Gasteiger partial charge on any atom is 0.341 e. The Morgan fingerprint density at radius 2 is 1.54 bits per heavy atom. The molecular weight excluding hydrogens is 436 g/mol. The SMILES string of the molecule is CCOC(=O)c1cnc2nc(C)ccc2c1N1CCN(C(c2ccccc2)c2ccccc2)CC1. The molecule has 1 aliphatic heterocycles. The first-order chi connectivity index (χ1) is 17.2. The molecule has 5 rings (SSSR count). The van der Waals surface area contributed by atoms with Crippen LogP contribution in [0.4, 0.5) is 5.69 Å². The molecule has 0 aliphatic carbocycles. The smallest absolute Gasteiger partial charge is 0.341 e. The minimum Gasteiger partial charge on any atom is -0.462 e. The van der Waals surface area contributed by atoms with Crippen LogP contribution in [0.25, 0.3) is 11.0 Å². The van der Waals surface area contributed by atoms with E-state index >= 15 is 0 Å². The second kappa shape index (κ2) is 10.2. The predicted octanol–water partition coefficient (Wildman–Crippen LogP) is 5.03. The van der Waals surface area contributed by atoms with Crippen molar-refractivity contribution in [1.82, 2.24) is 14.9 Å². The first-order valence-electron chi connectivity index (χ1n) is 12.2. The summed E-state index contributed by atoms with van der Waals surface area (Å²) in [5.41, 5.74) is 5.50. The maximum atomic E-state index is 12.8. The van der Waals surface area contributed by atoms with E-state index in [1.807, 2.05) is 26.0 Å². The Labute approximate surface area is 206 Å². The molecule has 6 heteroatoms. The van der Waals surface area contributed by atoms with Crippen molar-refractivity contribution in [2.24, 2.45) is 0 Å². The van der Waals surface area contributed by atoms with E-state index in [1.165, 1.54) is 11.1 Å². The zero-order valence-corrected chi connectivity index (χ0v) is 20.2. The zero-order chi connectivity index (χ0) is 24.2. The van der Waals surface area contributed by atoms with E-state index in [-0.39, 0.29) is 12.0 Å². The van der Waals surface area contributed by atoms with E-state index in [0.29, 0.717) is 17.8 Å². The highest BCUT2D eigenvalue weighted by Gasteiger charge is 2.29. The third-order valence-corrected chi connectivity index (χ3v) is 6.56. The average Bonchev–Trinajstić information content (AvgIpc) is 2.90. The lowest BCUT2D eigenvalue weighted by molar-refractivity contribution is 0.0526. The Morgan fingerprint density at radius 3 is 2.14 bits per heavy atom. The van der Waals surface area contributed by atoms with Gasteiger partial charge in [-0.3, -0.25) is 4.90 Å². The maximum absolute atomic E-state index is 12.8. The van der Waals surface area contributed by atoms with Crippen LogP contribution in [0.5, 0.6) is 0 Å². The van der Waals surface area contributed by atoms with Crippen LogP contribution < -0.4 is 4.90 Å². The van der Waals surface area contributed by atoms with E-state index in [4.69, 9.17) is 4.74 Å². The van der Waals surface area contributed by atoms with Gasteiger partial charge in [-0.1, -0.05) is 60.7 Å². The summed E-state index contributed by atoms with van der Waals surface area (Å²) in [4.78, 5) is 26.7. The quantitative estimate of drug-likeness (QED) is 0.372. The van der Waals surface area contributed by atoms with Gasteiger partial charge in [0.1, 0.15) is 5.56 Å². The molecule has 1 saturated heterocycles. The lowest BCUT2D eigenvalue weighted by Crippen LogP contribution is -2.48. The Hall–Kier alpha value is -3.77. The minimum atomic E-state index is -0.341. The van der Waals surface area contributed by atoms with Gasteiger partial charge in [0.05, 0.1) is 18.3 Å². The highest BCUT2D eigenvalue weighted by Crippen LogP contribution is 2.34. The highest BCUT2D eigenvalue weighted by molar-refractivity contribution is 6.04. The van der Waals surface area contributed by atoms with Crippen LogP contribution in [0, 0.1) is 6.92 Å². The number of hydrogen-bond donors (Lipinski definition) is 0. The standard InChI is InChI=1S/C29H30N4O2/c1-3-35-29(34)25-20-30-28-24(15-14-21(2)31-28)27(25)33-18-16-32(17-19-33)26(22-10-6-4-7-11-22)23-12-8-5-9-13-23/h4-15,20,26H,3,16-19H2,1-2H3. The summed E-state index contributed by atoms with van der Waals surface area (Å²) in [7, 11) is 0. The van der Waals surface area contributed by atoms with Crippen molar-refractivity contribution in [3.8, 4) is 0 Å². The van der Waals surface area contributed by atoms with Gasteiger partial charge in [0.2, 0.25) is 0 Å². The van der Waals surface area contributed by atoms with Crippen molar-refractivity contribution in [2.45, 2.75) is 19.9 Å². The molecule has 2 aromatic carbocycles. The monoisotopic (exact) mass is 466 g/mol. The Kier molecular flexibility index (Phi) is 6.73. The van der Waals surface area contributed by atoms with Crippen molar-refractivity contribution in [2.75, 3.05) is 37.7 Å². The van der Waals surface area contributed by atoms with E-state index < -0.39 is 0 Å². The van der Waals surface area contributed by atoms with Crippen LogP contribution in [0.2, 0.25) is 0 Å². The van der Waals surface area contributed by atoms with Crippen LogP contribution in [0.1, 0.15) is 40.1 Å². The van der Waals surface area contributed by atoms with Gasteiger partial charge in [-0.15, -0.1) is 0 Å². The zero-order valence-electron chi connectivity index (χ0n) is 20.2. The molecule has 0 spiro atoms. The molecule has 178 valence electrons. The molecule has 1 aliphatic rings. The van der Waals surface area contributed by atoms with Gasteiger partial charge < -0.3 is 9.64 Å². The van der Waals surface area contributed by atoms with E-state index in [1.54, 1.807) is 6.20 Å². The number of esters is 1. The van der Waals surface area contributed by atoms with Crippen molar-refractivity contribution in [1.29, 1.82) is 0 Å². The summed E-state index contributed by atoms with van der Waals surface area (Å²) in [6.45, 7) is 7.39. The number of benzene rings is 2. The molecule has 4 aromatic rings. The van der Waals surface area contributed by atoms with E-state index in [9.17, 15) is 4.79 Å². The van der Waals surface area contributed by atoms with Crippen LogP contribution in [-0.2, 0) is 4.74 Å². The molecule has 35 heavy (non-hydrogen) atoms. The number of anilines is 1. The number of aromatic nitrogens is 2. The summed E-state index contributed by atoms with van der Waals surface area (Å²) in [6.07, 6.45) is 1.62. The van der Waals surface area contributed by atoms with Crippen molar-refractivity contribution < 1.29 is 9.53 Å². The fourth-order valence-corrected chi connectivity index (χ4v) is 4.95. The molecule has 0 amide bonds. The van der Waals surface area contributed by atoms with Crippen molar-refractivity contribution >= 4 is 22.7 Å². The van der Waals surface area contributed by atoms with Gasteiger partial charge in [0, 0.05) is 43.5 Å². The number of aryl methyl sites for hydroxylation is 1. The summed E-state index contributed by atoms with van der Waals surface area (Å²) < 4.78 is 5.37. The largest absolute Gasteiger partial charge is 0.462 e. The molecule has 2 aromatic heterocycles. The Bertz CT molecular complexity index is 1260. The van der Waals surface area contributed by atoms with Gasteiger partial charge in [-0.05, 0) is 37.1 Å². The molecule has 0 saturated carbocycles. The molecule has 0 unspecified atom stereocenters. The molecule has 0 bridgehead atoms. The second-order valence-corrected chi connectivity index (χ2v) is 8.81. The fraction of sp³-hybridized carbons (Fsp3) is 0.276. The van der Waals surface area contributed by atoms with Crippen LogP contribution in [0.15, 0.2) is 79.0 Å². The lowest BCUT2D eigenvalue weighted by atomic mass is 9.96. The normalized spacial score (nSPS) is 14.4. The van der Waals surface area contributed by atoms with Gasteiger partial charge >= 0.3 is 5.97 Å². The Balaban J connectivity index is 1.47. The van der Waals surface area contributed by atoms with Gasteiger partial charge in [-0.25, -0.2) is 14.8 Å². The number of carbonyl (C=O) groups is 1. The number of carbonyl (C=O) groups excluding carboxylic acids is 1. The molecule has 3 heterocycles. The molecule has 0 radical (unpaired) electrons. The topological polar surface area (TPSA) is 58.6 Å². The molecular formula is C29H30N4O2. The van der Waals surface area contributed by atoms with E-state index in [2.05, 4.69) is 80.4 Å². The number of rotatable bonds is 6. The third kappa shape index (κ3) is 4.75. The molecule has 1 fully saturated rings. The molecule has 0 atom stereocenters. The summed E-state index contributed by atoms with van der Waals surface area (Å²) in [5, 5.41) is 0.886. The van der Waals surface area contributed by atoms with Gasteiger partial charge in [0.15, 0.2) is 5.65 Å². The first-order valence-corrected chi connectivity index (χ1v) is 12.2. The van der Waals surface area contributed by atoms with Gasteiger partial charge in [0.25, 0.3) is 0 Å². The van der Waals surface area contributed by atoms with Crippen LogP contribution in [-0.4, -0.2) is 53.6 Å². The summed E-state index contributed by atoms with van der Waals surface area (Å²) in [6, 6.07) is 25.5. The van der Waals surface area contributed by atoms with Crippen LogP contribution in [0.3, 0.4) is 0 Å². The minimum absolute atomic E-state index is 0.183. The van der Waals surface area contributed by atoms with Crippen molar-refractivity contribution in [3.63, 3.8) is 0 Å².